The number of hydrogen-bond donors (Lipinski definition) is 2. The zero-order chi connectivity index (χ0) is 24.9. The number of hydrogen-bond acceptors (Lipinski definition) is 2. The summed E-state index contributed by atoms with van der Waals surface area (Å²) in [6, 6.07) is 0. The van der Waals surface area contributed by atoms with E-state index >= 15 is 0 Å². The highest BCUT2D eigenvalue weighted by atomic mass is 16.2. The van der Waals surface area contributed by atoms with Gasteiger partial charge in [-0.3, -0.25) is 9.59 Å². The molecule has 9 fully saturated rings. The maximum atomic E-state index is 13.8. The number of nitrogens with one attached hydrogen (secondary N) is 2. The molecule has 0 aromatic rings. The fourth-order valence-corrected chi connectivity index (χ4v) is 11.8. The minimum absolute atomic E-state index is 0.0558. The second-order valence-corrected chi connectivity index (χ2v) is 16.4. The lowest BCUT2D eigenvalue weighted by Gasteiger charge is -2.57. The van der Waals surface area contributed by atoms with Crippen molar-refractivity contribution < 1.29 is 9.59 Å². The van der Waals surface area contributed by atoms with E-state index in [1.807, 2.05) is 0 Å². The first kappa shape index (κ1) is 24.0. The Morgan fingerprint density at radius 2 is 1.00 bits per heavy atom. The van der Waals surface area contributed by atoms with Crippen LogP contribution in [-0.2, 0) is 9.59 Å². The third-order valence-corrected chi connectivity index (χ3v) is 13.0. The summed E-state index contributed by atoms with van der Waals surface area (Å²) >= 11 is 0. The van der Waals surface area contributed by atoms with Crippen LogP contribution in [0.3, 0.4) is 0 Å². The van der Waals surface area contributed by atoms with E-state index in [4.69, 9.17) is 0 Å². The quantitative estimate of drug-likeness (QED) is 0.466. The summed E-state index contributed by atoms with van der Waals surface area (Å²) in [7, 11) is 0. The van der Waals surface area contributed by atoms with Crippen LogP contribution in [0, 0.1) is 52.3 Å². The fraction of sp³-hybridized carbons (Fsp3) is 0.938. The lowest BCUT2D eigenvalue weighted by molar-refractivity contribution is -0.149. The van der Waals surface area contributed by atoms with Gasteiger partial charge in [-0.25, -0.2) is 0 Å². The number of rotatable bonds is 5. The highest BCUT2D eigenvalue weighted by Crippen LogP contribution is 2.61. The van der Waals surface area contributed by atoms with Crippen molar-refractivity contribution in [3.63, 3.8) is 0 Å². The van der Waals surface area contributed by atoms with Gasteiger partial charge in [-0.15, -0.1) is 0 Å². The van der Waals surface area contributed by atoms with E-state index in [-0.39, 0.29) is 21.9 Å². The van der Waals surface area contributed by atoms with Crippen molar-refractivity contribution in [2.45, 2.75) is 135 Å². The zero-order valence-corrected chi connectivity index (χ0v) is 23.2. The standard InChI is InChI=1S/C32H50N2O2/c1-29(2,33-27(35)31-14-20-8-21(15-31)10-22(9-20)16-31)26-4-6-30(3,7-5-26)34-28(36)32-17-23-11-24(18-32)13-25(12-23)19-32/h20-26H,4-19H2,1-3H3,(H,33,35)(H,34,36). The van der Waals surface area contributed by atoms with Crippen molar-refractivity contribution in [1.82, 2.24) is 10.6 Å². The first-order valence-corrected chi connectivity index (χ1v) is 15.7. The summed E-state index contributed by atoms with van der Waals surface area (Å²) in [5.41, 5.74) is -0.386. The Balaban J connectivity index is 0.969. The molecular formula is C32H50N2O2. The Bertz CT molecular complexity index is 856. The molecule has 0 aromatic carbocycles. The molecule has 0 saturated heterocycles. The maximum absolute atomic E-state index is 13.8. The summed E-state index contributed by atoms with van der Waals surface area (Å²) in [6.45, 7) is 6.84. The van der Waals surface area contributed by atoms with E-state index in [1.54, 1.807) is 0 Å². The van der Waals surface area contributed by atoms with Gasteiger partial charge in [0.05, 0.1) is 0 Å². The minimum atomic E-state index is -0.175. The van der Waals surface area contributed by atoms with E-state index in [9.17, 15) is 9.59 Å². The average molecular weight is 495 g/mol. The van der Waals surface area contributed by atoms with E-state index in [1.165, 1.54) is 38.5 Å². The van der Waals surface area contributed by atoms with Gasteiger partial charge >= 0.3 is 0 Å². The Morgan fingerprint density at radius 1 is 0.639 bits per heavy atom. The van der Waals surface area contributed by atoms with Gasteiger partial charge in [0.1, 0.15) is 0 Å². The van der Waals surface area contributed by atoms with E-state index in [0.29, 0.717) is 17.7 Å². The molecule has 0 atom stereocenters. The maximum Gasteiger partial charge on any atom is 0.226 e. The smallest absolute Gasteiger partial charge is 0.226 e. The molecule has 0 aromatic heterocycles. The lowest BCUT2D eigenvalue weighted by atomic mass is 9.49. The SMILES string of the molecule is CC1(NC(=O)C23CC4CC(CC(C4)C2)C3)CCC(C(C)(C)NC(=O)C23CC4CC(CC(C4)C2)C3)CC1. The fourth-order valence-electron chi connectivity index (χ4n) is 11.8. The van der Waals surface area contributed by atoms with Crippen molar-refractivity contribution in [3.05, 3.63) is 0 Å². The van der Waals surface area contributed by atoms with Crippen LogP contribution in [0.2, 0.25) is 0 Å². The van der Waals surface area contributed by atoms with Gasteiger partial charge in [-0.05, 0) is 165 Å². The summed E-state index contributed by atoms with van der Waals surface area (Å²) in [4.78, 5) is 27.5. The topological polar surface area (TPSA) is 58.2 Å². The van der Waals surface area contributed by atoms with Crippen LogP contribution in [0.4, 0.5) is 0 Å². The molecule has 9 rings (SSSR count). The second kappa shape index (κ2) is 7.98. The predicted molar refractivity (Wildman–Crippen MR) is 142 cm³/mol. The monoisotopic (exact) mass is 494 g/mol. The largest absolute Gasteiger partial charge is 0.350 e. The second-order valence-electron chi connectivity index (χ2n) is 16.4. The molecule has 8 bridgehead atoms. The third kappa shape index (κ3) is 3.89. The van der Waals surface area contributed by atoms with Gasteiger partial charge in [0.15, 0.2) is 0 Å². The van der Waals surface area contributed by atoms with Crippen LogP contribution in [0.15, 0.2) is 0 Å². The van der Waals surface area contributed by atoms with E-state index in [0.717, 1.165) is 99.7 Å². The van der Waals surface area contributed by atoms with Crippen LogP contribution in [0.5, 0.6) is 0 Å². The van der Waals surface area contributed by atoms with Gasteiger partial charge in [0.2, 0.25) is 11.8 Å². The number of carbonyl (C=O) groups is 2. The predicted octanol–water partition coefficient (Wildman–Crippen LogP) is 6.38. The highest BCUT2D eigenvalue weighted by molar-refractivity contribution is 5.84. The van der Waals surface area contributed by atoms with Gasteiger partial charge in [0.25, 0.3) is 0 Å². The molecule has 36 heavy (non-hydrogen) atoms. The molecule has 9 aliphatic carbocycles. The lowest BCUT2D eigenvalue weighted by Crippen LogP contribution is -2.61. The van der Waals surface area contributed by atoms with Crippen molar-refractivity contribution in [1.29, 1.82) is 0 Å². The van der Waals surface area contributed by atoms with Crippen LogP contribution < -0.4 is 10.6 Å². The van der Waals surface area contributed by atoms with Crippen LogP contribution in [0.1, 0.15) is 124 Å². The van der Waals surface area contributed by atoms with Gasteiger partial charge in [0, 0.05) is 21.9 Å². The molecule has 2 amide bonds. The van der Waals surface area contributed by atoms with Gasteiger partial charge in [-0.1, -0.05) is 0 Å². The number of carbonyl (C=O) groups excluding carboxylic acids is 2. The molecule has 2 N–H and O–H groups in total. The molecular weight excluding hydrogens is 444 g/mol. The van der Waals surface area contributed by atoms with Crippen LogP contribution in [0.25, 0.3) is 0 Å². The van der Waals surface area contributed by atoms with Crippen LogP contribution in [-0.4, -0.2) is 22.9 Å². The Morgan fingerprint density at radius 3 is 1.39 bits per heavy atom. The van der Waals surface area contributed by atoms with E-state index in [2.05, 4.69) is 31.4 Å². The van der Waals surface area contributed by atoms with Crippen molar-refractivity contribution in [2.75, 3.05) is 0 Å². The minimum Gasteiger partial charge on any atom is -0.350 e. The van der Waals surface area contributed by atoms with Crippen molar-refractivity contribution in [2.24, 2.45) is 52.3 Å². The van der Waals surface area contributed by atoms with Gasteiger partial charge in [-0.2, -0.15) is 0 Å². The Hall–Kier alpha value is -1.06. The normalized spacial score (nSPS) is 50.8. The average Bonchev–Trinajstić information content (AvgIpc) is 2.77. The first-order chi connectivity index (χ1) is 17.0. The molecule has 0 unspecified atom stereocenters. The van der Waals surface area contributed by atoms with E-state index < -0.39 is 0 Å². The molecule has 0 spiro atoms. The zero-order valence-electron chi connectivity index (χ0n) is 23.2. The molecule has 0 aliphatic heterocycles. The molecule has 0 heterocycles. The molecule has 0 radical (unpaired) electrons. The van der Waals surface area contributed by atoms with Crippen LogP contribution >= 0.6 is 0 Å². The molecule has 4 nitrogen and oxygen atoms in total. The molecule has 4 heteroatoms. The Kier molecular flexibility index (Phi) is 5.32. The highest BCUT2D eigenvalue weighted by Gasteiger charge is 2.57. The summed E-state index contributed by atoms with van der Waals surface area (Å²) in [5, 5.41) is 7.24. The number of amides is 2. The first-order valence-electron chi connectivity index (χ1n) is 15.7. The van der Waals surface area contributed by atoms with Gasteiger partial charge < -0.3 is 10.6 Å². The molecule has 9 aliphatic rings. The third-order valence-electron chi connectivity index (χ3n) is 13.0. The van der Waals surface area contributed by atoms with Crippen molar-refractivity contribution >= 4 is 11.8 Å². The molecule has 9 saturated carbocycles. The summed E-state index contributed by atoms with van der Waals surface area (Å²) < 4.78 is 0. The Labute approximate surface area is 218 Å². The van der Waals surface area contributed by atoms with Crippen molar-refractivity contribution in [3.8, 4) is 0 Å². The molecule has 200 valence electrons. The summed E-state index contributed by atoms with van der Waals surface area (Å²) in [5.74, 6) is 6.08. The summed E-state index contributed by atoms with van der Waals surface area (Å²) in [6.07, 6.45) is 19.4.